The molecule has 21 heavy (non-hydrogen) atoms. The molecule has 0 N–H and O–H groups in total. The van der Waals surface area contributed by atoms with Gasteiger partial charge in [-0.25, -0.2) is 8.42 Å². The van der Waals surface area contributed by atoms with Crippen LogP contribution in [-0.2, 0) is 10.1 Å². The van der Waals surface area contributed by atoms with Crippen molar-refractivity contribution in [3.05, 3.63) is 41.5 Å². The molecule has 0 amide bonds. The number of rotatable bonds is 3. The Morgan fingerprint density at radius 2 is 1.43 bits per heavy atom. The summed E-state index contributed by atoms with van der Waals surface area (Å²) in [5.41, 5.74) is 1.97. The average Bonchev–Trinajstić information content (AvgIpc) is 2.34. The summed E-state index contributed by atoms with van der Waals surface area (Å²) in [5.74, 6) is 0.421. The van der Waals surface area contributed by atoms with Crippen LogP contribution in [0.4, 0.5) is 0 Å². The van der Waals surface area contributed by atoms with Crippen molar-refractivity contribution < 1.29 is 42.5 Å². The molecule has 0 fully saturated rings. The predicted octanol–water partition coefficient (Wildman–Crippen LogP) is 0.995. The first-order valence-electron chi connectivity index (χ1n) is 6.75. The summed E-state index contributed by atoms with van der Waals surface area (Å²) in [6.07, 6.45) is 0. The van der Waals surface area contributed by atoms with Gasteiger partial charge in [0, 0.05) is 5.39 Å². The van der Waals surface area contributed by atoms with Crippen LogP contribution in [0, 0.1) is 0 Å². The number of hydrogen-bond donors (Lipinski definition) is 0. The van der Waals surface area contributed by atoms with E-state index in [0.717, 1.165) is 16.5 Å². The Bertz CT molecular complexity index is 749. The monoisotopic (exact) mass is 314 g/mol. The van der Waals surface area contributed by atoms with E-state index >= 15 is 0 Å². The molecule has 2 rings (SSSR count). The fraction of sp³-hybridized carbons (Fsp3) is 0.375. The zero-order valence-corrected chi connectivity index (χ0v) is 16.0. The molecule has 0 saturated heterocycles. The van der Waals surface area contributed by atoms with E-state index in [-0.39, 0.29) is 46.3 Å². The maximum absolute atomic E-state index is 11.5. The van der Waals surface area contributed by atoms with Crippen molar-refractivity contribution in [2.75, 3.05) is 0 Å². The molecule has 0 aliphatic rings. The van der Waals surface area contributed by atoms with Crippen LogP contribution in [0.1, 0.15) is 50.7 Å². The van der Waals surface area contributed by atoms with Gasteiger partial charge in [-0.3, -0.25) is 0 Å². The van der Waals surface area contributed by atoms with Gasteiger partial charge in [-0.2, -0.15) is 0 Å². The van der Waals surface area contributed by atoms with E-state index in [9.17, 15) is 13.0 Å². The van der Waals surface area contributed by atoms with Crippen LogP contribution in [0.25, 0.3) is 10.8 Å². The molecule has 5 heteroatoms. The van der Waals surface area contributed by atoms with E-state index in [0.29, 0.717) is 5.39 Å². The predicted molar refractivity (Wildman–Crippen MR) is 80.1 cm³/mol. The summed E-state index contributed by atoms with van der Waals surface area (Å²) in [5, 5.41) is 1.45. The molecule has 0 atom stereocenters. The summed E-state index contributed by atoms with van der Waals surface area (Å²) >= 11 is 0. The Morgan fingerprint density at radius 3 is 1.90 bits per heavy atom. The largest absolute Gasteiger partial charge is 1.00 e. The van der Waals surface area contributed by atoms with E-state index < -0.39 is 10.1 Å². The minimum atomic E-state index is -4.48. The van der Waals surface area contributed by atoms with Crippen molar-refractivity contribution in [3.8, 4) is 0 Å². The summed E-state index contributed by atoms with van der Waals surface area (Å²) in [4.78, 5) is -0.110. The van der Waals surface area contributed by atoms with Crippen LogP contribution in [0.3, 0.4) is 0 Å². The van der Waals surface area contributed by atoms with Crippen LogP contribution in [0.15, 0.2) is 35.2 Å². The van der Waals surface area contributed by atoms with Gasteiger partial charge in [-0.05, 0) is 34.4 Å². The van der Waals surface area contributed by atoms with Gasteiger partial charge >= 0.3 is 29.6 Å². The molecule has 3 nitrogen and oxygen atoms in total. The summed E-state index contributed by atoms with van der Waals surface area (Å²) < 4.78 is 34.6. The second kappa shape index (κ2) is 6.80. The SMILES string of the molecule is CC(C)c1ccc(C(C)C)c2c(S(=O)(=O)[O-])cccc12.[Na+]. The molecule has 0 heterocycles. The van der Waals surface area contributed by atoms with Gasteiger partial charge in [0.2, 0.25) is 0 Å². The Hall–Kier alpha value is -0.390. The van der Waals surface area contributed by atoms with Crippen LogP contribution in [0.5, 0.6) is 0 Å². The molecule has 0 spiro atoms. The molecule has 2 aromatic carbocycles. The summed E-state index contributed by atoms with van der Waals surface area (Å²) in [7, 11) is -4.48. The summed E-state index contributed by atoms with van der Waals surface area (Å²) in [6, 6.07) is 8.91. The summed E-state index contributed by atoms with van der Waals surface area (Å²) in [6.45, 7) is 8.11. The van der Waals surface area contributed by atoms with Crippen LogP contribution < -0.4 is 29.6 Å². The standard InChI is InChI=1S/C16H20O3S.Na/c1-10(2)12-8-9-13(11(3)4)16-14(12)6-5-7-15(16)20(17,18)19;/h5-11H,1-4H3,(H,17,18,19);/q;+1/p-1. The molecule has 0 unspecified atom stereocenters. The maximum Gasteiger partial charge on any atom is 1.00 e. The Morgan fingerprint density at radius 1 is 0.905 bits per heavy atom. The minimum absolute atomic E-state index is 0. The van der Waals surface area contributed by atoms with Crippen LogP contribution in [-0.4, -0.2) is 13.0 Å². The van der Waals surface area contributed by atoms with Gasteiger partial charge in [0.05, 0.1) is 4.90 Å². The maximum atomic E-state index is 11.5. The van der Waals surface area contributed by atoms with Gasteiger partial charge in [-0.1, -0.05) is 52.0 Å². The van der Waals surface area contributed by atoms with Gasteiger partial charge < -0.3 is 4.55 Å². The van der Waals surface area contributed by atoms with Gasteiger partial charge in [-0.15, -0.1) is 0 Å². The van der Waals surface area contributed by atoms with E-state index in [4.69, 9.17) is 0 Å². The second-order valence-corrected chi connectivity index (χ2v) is 7.03. The van der Waals surface area contributed by atoms with Crippen molar-refractivity contribution in [3.63, 3.8) is 0 Å². The minimum Gasteiger partial charge on any atom is -0.744 e. The van der Waals surface area contributed by atoms with E-state index in [2.05, 4.69) is 13.8 Å². The first-order valence-corrected chi connectivity index (χ1v) is 8.15. The van der Waals surface area contributed by atoms with Crippen molar-refractivity contribution in [2.24, 2.45) is 0 Å². The number of hydrogen-bond acceptors (Lipinski definition) is 3. The first kappa shape index (κ1) is 18.7. The van der Waals surface area contributed by atoms with Crippen LogP contribution in [0.2, 0.25) is 0 Å². The van der Waals surface area contributed by atoms with Gasteiger partial charge in [0.1, 0.15) is 10.1 Å². The van der Waals surface area contributed by atoms with E-state index in [1.807, 2.05) is 32.0 Å². The normalized spacial score (nSPS) is 12.0. The first-order chi connectivity index (χ1) is 9.23. The van der Waals surface area contributed by atoms with Crippen LogP contribution >= 0.6 is 0 Å². The number of benzene rings is 2. The third kappa shape index (κ3) is 3.69. The quantitative estimate of drug-likeness (QED) is 0.627. The Balaban J connectivity index is 0.00000220. The van der Waals surface area contributed by atoms with Crippen molar-refractivity contribution >= 4 is 20.9 Å². The number of fused-ring (bicyclic) bond motifs is 1. The van der Waals surface area contributed by atoms with E-state index in [1.165, 1.54) is 6.07 Å². The third-order valence-corrected chi connectivity index (χ3v) is 4.46. The third-order valence-electron chi connectivity index (χ3n) is 3.58. The molecular formula is C16H19NaO3S. The van der Waals surface area contributed by atoms with Crippen molar-refractivity contribution in [1.29, 1.82) is 0 Å². The van der Waals surface area contributed by atoms with Gasteiger partial charge in [0.15, 0.2) is 0 Å². The topological polar surface area (TPSA) is 57.2 Å². The Kier molecular flexibility index (Phi) is 6.04. The zero-order valence-electron chi connectivity index (χ0n) is 13.2. The molecule has 0 aromatic heterocycles. The molecule has 0 bridgehead atoms. The average molecular weight is 314 g/mol. The zero-order chi connectivity index (χ0) is 15.1. The molecule has 0 saturated carbocycles. The van der Waals surface area contributed by atoms with Crippen molar-refractivity contribution in [2.45, 2.75) is 44.4 Å². The molecule has 108 valence electrons. The van der Waals surface area contributed by atoms with Gasteiger partial charge in [0.25, 0.3) is 0 Å². The smallest absolute Gasteiger partial charge is 0.744 e. The molecule has 2 aromatic rings. The van der Waals surface area contributed by atoms with E-state index in [1.54, 1.807) is 6.07 Å². The molecule has 0 aliphatic heterocycles. The second-order valence-electron chi connectivity index (χ2n) is 5.69. The fourth-order valence-electron chi connectivity index (χ4n) is 2.62. The molecule has 0 aliphatic carbocycles. The molecular weight excluding hydrogens is 295 g/mol. The molecule has 0 radical (unpaired) electrons. The fourth-order valence-corrected chi connectivity index (χ4v) is 3.34. The van der Waals surface area contributed by atoms with Crippen molar-refractivity contribution in [1.82, 2.24) is 0 Å². The Labute approximate surface area is 148 Å².